The van der Waals surface area contributed by atoms with Gasteiger partial charge < -0.3 is 5.32 Å². The third-order valence-electron chi connectivity index (χ3n) is 1.52. The first-order valence-corrected chi connectivity index (χ1v) is 5.00. The maximum Gasteiger partial charge on any atom is 0.244 e. The van der Waals surface area contributed by atoms with Gasteiger partial charge >= 0.3 is 0 Å². The zero-order valence-corrected chi connectivity index (χ0v) is 8.73. The molecular weight excluding hydrogens is 194 g/mol. The van der Waals surface area contributed by atoms with Gasteiger partial charge in [-0.25, -0.2) is 0 Å². The first-order chi connectivity index (χ1) is 6.72. The quantitative estimate of drug-likeness (QED) is 0.592. The lowest BCUT2D eigenvalue weighted by Crippen LogP contribution is -2.20. The number of hydrogen-bond donors (Lipinski definition) is 1. The average Bonchev–Trinajstić information content (AvgIpc) is 2.58. The van der Waals surface area contributed by atoms with Crippen LogP contribution >= 0.6 is 11.3 Å². The highest BCUT2D eigenvalue weighted by molar-refractivity contribution is 7.12. The minimum atomic E-state index is -0.158. The molecule has 0 aliphatic rings. The Morgan fingerprint density at radius 2 is 2.50 bits per heavy atom. The maximum absolute atomic E-state index is 11.1. The summed E-state index contributed by atoms with van der Waals surface area (Å²) in [5, 5.41) is 2.55. The van der Waals surface area contributed by atoms with Gasteiger partial charge in [-0.2, -0.15) is 0 Å². The fraction of sp³-hybridized carbons (Fsp3) is 0.182. The Kier molecular flexibility index (Phi) is 3.96. The van der Waals surface area contributed by atoms with E-state index in [1.807, 2.05) is 19.1 Å². The Bertz CT molecular complexity index is 384. The van der Waals surface area contributed by atoms with E-state index >= 15 is 0 Å². The smallest absolute Gasteiger partial charge is 0.244 e. The predicted octanol–water partition coefficient (Wildman–Crippen LogP) is 1.82. The van der Waals surface area contributed by atoms with Crippen molar-refractivity contribution >= 4 is 23.3 Å². The molecule has 0 aliphatic heterocycles. The van der Waals surface area contributed by atoms with Gasteiger partial charge in [0.1, 0.15) is 0 Å². The van der Waals surface area contributed by atoms with Crippen LogP contribution in [0.2, 0.25) is 0 Å². The molecule has 0 aromatic carbocycles. The summed E-state index contributed by atoms with van der Waals surface area (Å²) in [5.74, 6) is 2.18. The van der Waals surface area contributed by atoms with Crippen molar-refractivity contribution in [1.29, 1.82) is 0 Å². The van der Waals surface area contributed by atoms with Crippen molar-refractivity contribution in [3.05, 3.63) is 28.0 Å². The number of carbonyl (C=O) groups is 1. The second-order valence-electron chi connectivity index (χ2n) is 2.70. The number of terminal acetylenes is 1. The predicted molar refractivity (Wildman–Crippen MR) is 59.9 cm³/mol. The molecule has 72 valence electrons. The van der Waals surface area contributed by atoms with Crippen molar-refractivity contribution in [3.63, 3.8) is 0 Å². The van der Waals surface area contributed by atoms with Crippen LogP contribution in [0, 0.1) is 19.3 Å². The lowest BCUT2D eigenvalue weighted by Gasteiger charge is -1.92. The highest BCUT2D eigenvalue weighted by Crippen LogP contribution is 2.15. The third-order valence-corrected chi connectivity index (χ3v) is 2.49. The second-order valence-corrected chi connectivity index (χ2v) is 4.02. The molecule has 0 fully saturated rings. The molecule has 1 N–H and O–H groups in total. The lowest BCUT2D eigenvalue weighted by atomic mass is 10.4. The van der Waals surface area contributed by atoms with Gasteiger partial charge in [0.15, 0.2) is 0 Å². The van der Waals surface area contributed by atoms with Crippen LogP contribution in [0.15, 0.2) is 18.2 Å². The van der Waals surface area contributed by atoms with Crippen LogP contribution < -0.4 is 5.32 Å². The Hall–Kier alpha value is -1.53. The molecule has 2 nitrogen and oxygen atoms in total. The molecule has 3 heteroatoms. The van der Waals surface area contributed by atoms with Gasteiger partial charge in [-0.1, -0.05) is 5.92 Å². The van der Waals surface area contributed by atoms with Gasteiger partial charge in [0.25, 0.3) is 0 Å². The van der Waals surface area contributed by atoms with Crippen molar-refractivity contribution in [2.24, 2.45) is 0 Å². The van der Waals surface area contributed by atoms with Crippen molar-refractivity contribution in [2.75, 3.05) is 6.54 Å². The number of amides is 1. The zero-order chi connectivity index (χ0) is 10.4. The van der Waals surface area contributed by atoms with Gasteiger partial charge in [-0.15, -0.1) is 17.8 Å². The number of nitrogens with one attached hydrogen (secondary N) is 1. The van der Waals surface area contributed by atoms with Crippen molar-refractivity contribution in [2.45, 2.75) is 6.92 Å². The Morgan fingerprint density at radius 1 is 1.71 bits per heavy atom. The molecule has 1 amide bonds. The van der Waals surface area contributed by atoms with Gasteiger partial charge in [0.2, 0.25) is 5.91 Å². The molecule has 0 aliphatic carbocycles. The van der Waals surface area contributed by atoms with Gasteiger partial charge in [-0.3, -0.25) is 4.79 Å². The molecule has 14 heavy (non-hydrogen) atoms. The number of aryl methyl sites for hydroxylation is 1. The van der Waals surface area contributed by atoms with Crippen molar-refractivity contribution < 1.29 is 4.79 Å². The number of thiophene rings is 1. The summed E-state index contributed by atoms with van der Waals surface area (Å²) in [7, 11) is 0. The molecule has 0 atom stereocenters. The normalized spacial score (nSPS) is 10.0. The van der Waals surface area contributed by atoms with Gasteiger partial charge in [0, 0.05) is 15.8 Å². The molecule has 1 rings (SSSR count). The topological polar surface area (TPSA) is 29.1 Å². The van der Waals surface area contributed by atoms with E-state index in [1.54, 1.807) is 17.4 Å². The monoisotopic (exact) mass is 205 g/mol. The molecule has 0 bridgehead atoms. The summed E-state index contributed by atoms with van der Waals surface area (Å²) in [6.45, 7) is 2.30. The van der Waals surface area contributed by atoms with E-state index in [0.717, 1.165) is 4.88 Å². The highest BCUT2D eigenvalue weighted by Gasteiger charge is 1.94. The third kappa shape index (κ3) is 3.46. The van der Waals surface area contributed by atoms with Crippen LogP contribution in [-0.2, 0) is 4.79 Å². The van der Waals surface area contributed by atoms with Gasteiger partial charge in [0.05, 0.1) is 6.54 Å². The summed E-state index contributed by atoms with van der Waals surface area (Å²) < 4.78 is 0. The Balaban J connectivity index is 2.48. The fourth-order valence-corrected chi connectivity index (χ4v) is 1.68. The SMILES string of the molecule is C#CCNC(=O)C=Cc1ccc(C)s1. The molecule has 0 spiro atoms. The molecule has 0 unspecified atom stereocenters. The molecule has 0 radical (unpaired) electrons. The van der Waals surface area contributed by atoms with E-state index in [2.05, 4.69) is 11.2 Å². The number of rotatable bonds is 3. The molecule has 0 saturated carbocycles. The molecule has 1 aromatic rings. The standard InChI is InChI=1S/C11H11NOS/c1-3-8-12-11(13)7-6-10-5-4-9(2)14-10/h1,4-7H,8H2,2H3,(H,12,13). The lowest BCUT2D eigenvalue weighted by molar-refractivity contribution is -0.116. The molecule has 1 aromatic heterocycles. The van der Waals surface area contributed by atoms with Crippen molar-refractivity contribution in [3.8, 4) is 12.3 Å². The first kappa shape index (κ1) is 10.6. The van der Waals surface area contributed by atoms with E-state index in [4.69, 9.17) is 6.42 Å². The van der Waals surface area contributed by atoms with Crippen LogP contribution in [0.5, 0.6) is 0 Å². The van der Waals surface area contributed by atoms with Crippen LogP contribution in [-0.4, -0.2) is 12.5 Å². The minimum absolute atomic E-state index is 0.158. The Morgan fingerprint density at radius 3 is 3.07 bits per heavy atom. The van der Waals surface area contributed by atoms with Crippen LogP contribution in [0.25, 0.3) is 6.08 Å². The van der Waals surface area contributed by atoms with Crippen LogP contribution in [0.4, 0.5) is 0 Å². The average molecular weight is 205 g/mol. The van der Waals surface area contributed by atoms with E-state index in [-0.39, 0.29) is 12.5 Å². The van der Waals surface area contributed by atoms with Crippen LogP contribution in [0.1, 0.15) is 9.75 Å². The Labute approximate surface area is 87.6 Å². The fourth-order valence-electron chi connectivity index (χ4n) is 0.898. The van der Waals surface area contributed by atoms with E-state index in [1.165, 1.54) is 11.0 Å². The van der Waals surface area contributed by atoms with Crippen molar-refractivity contribution in [1.82, 2.24) is 5.32 Å². The first-order valence-electron chi connectivity index (χ1n) is 4.18. The summed E-state index contributed by atoms with van der Waals surface area (Å²) in [4.78, 5) is 13.4. The largest absolute Gasteiger partial charge is 0.342 e. The molecular formula is C11H11NOS. The summed E-state index contributed by atoms with van der Waals surface area (Å²) in [6.07, 6.45) is 8.27. The van der Waals surface area contributed by atoms with Gasteiger partial charge in [-0.05, 0) is 25.1 Å². The summed E-state index contributed by atoms with van der Waals surface area (Å²) in [5.41, 5.74) is 0. The minimum Gasteiger partial charge on any atom is -0.342 e. The van der Waals surface area contributed by atoms with E-state index in [9.17, 15) is 4.79 Å². The highest BCUT2D eigenvalue weighted by atomic mass is 32.1. The number of carbonyl (C=O) groups excluding carboxylic acids is 1. The maximum atomic E-state index is 11.1. The van der Waals surface area contributed by atoms with E-state index in [0.29, 0.717) is 0 Å². The van der Waals surface area contributed by atoms with Crippen LogP contribution in [0.3, 0.4) is 0 Å². The summed E-state index contributed by atoms with van der Waals surface area (Å²) in [6, 6.07) is 3.99. The molecule has 0 saturated heterocycles. The zero-order valence-electron chi connectivity index (χ0n) is 7.91. The number of hydrogen-bond acceptors (Lipinski definition) is 2. The molecule has 1 heterocycles. The van der Waals surface area contributed by atoms with E-state index < -0.39 is 0 Å². The summed E-state index contributed by atoms with van der Waals surface area (Å²) >= 11 is 1.65. The second kappa shape index (κ2) is 5.25.